The van der Waals surface area contributed by atoms with E-state index in [1.165, 1.54) is 6.07 Å². The van der Waals surface area contributed by atoms with Crippen LogP contribution in [0.2, 0.25) is 0 Å². The third-order valence-corrected chi connectivity index (χ3v) is 2.38. The molecule has 0 radical (unpaired) electrons. The number of urea groups is 1. The third kappa shape index (κ3) is 5.35. The van der Waals surface area contributed by atoms with E-state index in [1.807, 2.05) is 0 Å². The number of benzene rings is 1. The highest BCUT2D eigenvalue weighted by atomic mass is 19.1. The van der Waals surface area contributed by atoms with Crippen LogP contribution in [-0.4, -0.2) is 41.4 Å². The number of nitrogens with one attached hydrogen (secondary N) is 2. The molecule has 104 valence electrons. The number of rotatable bonds is 6. The molecule has 0 aromatic heterocycles. The van der Waals surface area contributed by atoms with E-state index in [9.17, 15) is 14.0 Å². The molecule has 1 unspecified atom stereocenters. The molecule has 6 nitrogen and oxygen atoms in total. The van der Waals surface area contributed by atoms with Gasteiger partial charge in [-0.15, -0.1) is 0 Å². The summed E-state index contributed by atoms with van der Waals surface area (Å²) in [5.41, 5.74) is 0.480. The van der Waals surface area contributed by atoms with Gasteiger partial charge in [0.25, 0.3) is 0 Å². The minimum Gasteiger partial charge on any atom is -0.479 e. The predicted molar refractivity (Wildman–Crippen MR) is 65.1 cm³/mol. The van der Waals surface area contributed by atoms with E-state index < -0.39 is 18.1 Å². The molecule has 19 heavy (non-hydrogen) atoms. The van der Waals surface area contributed by atoms with E-state index in [4.69, 9.17) is 10.2 Å². The summed E-state index contributed by atoms with van der Waals surface area (Å²) in [6, 6.07) is 5.60. The van der Waals surface area contributed by atoms with Crippen LogP contribution in [0.1, 0.15) is 5.56 Å². The summed E-state index contributed by atoms with van der Waals surface area (Å²) < 4.78 is 13.2. The van der Waals surface area contributed by atoms with Crippen LogP contribution in [0.25, 0.3) is 0 Å². The smallest absolute Gasteiger partial charge is 0.334 e. The predicted octanol–water partition coefficient (Wildman–Crippen LogP) is 0.113. The Bertz CT molecular complexity index is 453. The number of amides is 2. The molecule has 1 aromatic rings. The number of carbonyl (C=O) groups is 2. The fraction of sp³-hybridized carbons (Fsp3) is 0.333. The second kappa shape index (κ2) is 7.32. The highest BCUT2D eigenvalue weighted by Gasteiger charge is 2.13. The summed E-state index contributed by atoms with van der Waals surface area (Å²) in [6.45, 7) is -0.184. The summed E-state index contributed by atoms with van der Waals surface area (Å²) >= 11 is 0. The lowest BCUT2D eigenvalue weighted by Crippen LogP contribution is -2.42. The fourth-order valence-corrected chi connectivity index (χ4v) is 1.35. The van der Waals surface area contributed by atoms with Gasteiger partial charge in [-0.1, -0.05) is 18.2 Å². The van der Waals surface area contributed by atoms with Crippen molar-refractivity contribution in [1.82, 2.24) is 10.6 Å². The largest absolute Gasteiger partial charge is 0.479 e. The first kappa shape index (κ1) is 14.9. The van der Waals surface area contributed by atoms with Gasteiger partial charge in [-0.25, -0.2) is 14.0 Å². The molecule has 1 rings (SSSR count). The maximum atomic E-state index is 13.2. The van der Waals surface area contributed by atoms with Crippen LogP contribution in [0.15, 0.2) is 24.3 Å². The zero-order valence-corrected chi connectivity index (χ0v) is 10.1. The molecule has 0 saturated heterocycles. The van der Waals surface area contributed by atoms with Gasteiger partial charge in [-0.3, -0.25) is 0 Å². The summed E-state index contributed by atoms with van der Waals surface area (Å²) in [4.78, 5) is 21.5. The van der Waals surface area contributed by atoms with E-state index in [0.29, 0.717) is 12.0 Å². The lowest BCUT2D eigenvalue weighted by molar-refractivity contribution is -0.146. The molecule has 0 spiro atoms. The Morgan fingerprint density at radius 3 is 2.58 bits per heavy atom. The Labute approximate surface area is 109 Å². The number of carboxylic acid groups (broad SMARTS) is 1. The molecule has 7 heteroatoms. The van der Waals surface area contributed by atoms with Gasteiger partial charge in [0.15, 0.2) is 6.10 Å². The highest BCUT2D eigenvalue weighted by Crippen LogP contribution is 2.05. The summed E-state index contributed by atoms with van der Waals surface area (Å²) in [5, 5.41) is 21.9. The van der Waals surface area contributed by atoms with Gasteiger partial charge in [0.05, 0.1) is 6.54 Å². The van der Waals surface area contributed by atoms with Crippen molar-refractivity contribution in [2.45, 2.75) is 12.5 Å². The van der Waals surface area contributed by atoms with Crippen LogP contribution < -0.4 is 10.6 Å². The molecule has 0 aliphatic carbocycles. The van der Waals surface area contributed by atoms with Gasteiger partial charge in [-0.05, 0) is 18.1 Å². The van der Waals surface area contributed by atoms with Crippen molar-refractivity contribution < 1.29 is 24.2 Å². The van der Waals surface area contributed by atoms with Crippen LogP contribution in [0, 0.1) is 5.82 Å². The Morgan fingerprint density at radius 2 is 1.95 bits per heavy atom. The van der Waals surface area contributed by atoms with Gasteiger partial charge >= 0.3 is 12.0 Å². The number of carboxylic acids is 1. The van der Waals surface area contributed by atoms with E-state index in [0.717, 1.165) is 0 Å². The number of carbonyl (C=O) groups excluding carboxylic acids is 1. The van der Waals surface area contributed by atoms with Gasteiger partial charge in [0.1, 0.15) is 5.82 Å². The SMILES string of the molecule is O=C(NCCc1ccccc1F)NCC(O)C(=O)O. The summed E-state index contributed by atoms with van der Waals surface area (Å²) in [6.07, 6.45) is -1.32. The zero-order valence-electron chi connectivity index (χ0n) is 10.1. The Balaban J connectivity index is 2.24. The fourth-order valence-electron chi connectivity index (χ4n) is 1.35. The lowest BCUT2D eigenvalue weighted by Gasteiger charge is -2.09. The van der Waals surface area contributed by atoms with Crippen molar-refractivity contribution in [3.63, 3.8) is 0 Å². The first-order chi connectivity index (χ1) is 9.00. The molecule has 0 fully saturated rings. The van der Waals surface area contributed by atoms with E-state index in [-0.39, 0.29) is 18.9 Å². The van der Waals surface area contributed by atoms with Gasteiger partial charge < -0.3 is 20.8 Å². The Hall–Kier alpha value is -2.15. The molecular formula is C12H15FN2O4. The molecular weight excluding hydrogens is 255 g/mol. The monoisotopic (exact) mass is 270 g/mol. The number of aliphatic hydroxyl groups is 1. The minimum atomic E-state index is -1.64. The standard InChI is InChI=1S/C12H15FN2O4/c13-9-4-2-1-3-8(9)5-6-14-12(19)15-7-10(16)11(17)18/h1-4,10,16H,5-7H2,(H,17,18)(H2,14,15,19). The Morgan fingerprint density at radius 1 is 1.26 bits per heavy atom. The second-order valence-electron chi connectivity index (χ2n) is 3.83. The molecule has 0 bridgehead atoms. The topological polar surface area (TPSA) is 98.7 Å². The van der Waals surface area contributed by atoms with Crippen molar-refractivity contribution in [2.75, 3.05) is 13.1 Å². The number of hydrogen-bond acceptors (Lipinski definition) is 3. The first-order valence-electron chi connectivity index (χ1n) is 5.66. The summed E-state index contributed by atoms with van der Waals surface area (Å²) in [5.74, 6) is -1.75. The normalized spacial score (nSPS) is 11.7. The molecule has 0 saturated carbocycles. The maximum absolute atomic E-state index is 13.2. The van der Waals surface area contributed by atoms with E-state index in [2.05, 4.69) is 10.6 Å². The quantitative estimate of drug-likeness (QED) is 0.589. The zero-order chi connectivity index (χ0) is 14.3. The van der Waals surface area contributed by atoms with Crippen LogP contribution in [-0.2, 0) is 11.2 Å². The number of halogens is 1. The van der Waals surface area contributed by atoms with Gasteiger partial charge in [0, 0.05) is 6.54 Å². The van der Waals surface area contributed by atoms with Crippen molar-refractivity contribution in [2.24, 2.45) is 0 Å². The number of aliphatic hydroxyl groups excluding tert-OH is 1. The van der Waals surface area contributed by atoms with Gasteiger partial charge in [-0.2, -0.15) is 0 Å². The van der Waals surface area contributed by atoms with Crippen LogP contribution in [0.3, 0.4) is 0 Å². The van der Waals surface area contributed by atoms with Crippen molar-refractivity contribution in [1.29, 1.82) is 0 Å². The molecule has 4 N–H and O–H groups in total. The van der Waals surface area contributed by atoms with Crippen LogP contribution in [0.5, 0.6) is 0 Å². The first-order valence-corrected chi connectivity index (χ1v) is 5.66. The Kier molecular flexibility index (Phi) is 5.74. The van der Waals surface area contributed by atoms with Crippen molar-refractivity contribution in [3.8, 4) is 0 Å². The second-order valence-corrected chi connectivity index (χ2v) is 3.83. The average Bonchev–Trinajstić information content (AvgIpc) is 2.38. The molecule has 1 aromatic carbocycles. The van der Waals surface area contributed by atoms with Crippen LogP contribution in [0.4, 0.5) is 9.18 Å². The molecule has 1 atom stereocenters. The molecule has 2 amide bonds. The minimum absolute atomic E-state index is 0.204. The van der Waals surface area contributed by atoms with E-state index in [1.54, 1.807) is 18.2 Å². The van der Waals surface area contributed by atoms with Crippen LogP contribution >= 0.6 is 0 Å². The molecule has 0 aliphatic heterocycles. The number of aliphatic carboxylic acids is 1. The van der Waals surface area contributed by atoms with Crippen molar-refractivity contribution in [3.05, 3.63) is 35.6 Å². The highest BCUT2D eigenvalue weighted by molar-refractivity contribution is 5.76. The maximum Gasteiger partial charge on any atom is 0.334 e. The van der Waals surface area contributed by atoms with Gasteiger partial charge in [0.2, 0.25) is 0 Å². The average molecular weight is 270 g/mol. The third-order valence-electron chi connectivity index (χ3n) is 2.38. The van der Waals surface area contributed by atoms with E-state index >= 15 is 0 Å². The van der Waals surface area contributed by atoms with Crippen molar-refractivity contribution >= 4 is 12.0 Å². The lowest BCUT2D eigenvalue weighted by atomic mass is 10.1. The summed E-state index contributed by atoms with van der Waals surface area (Å²) in [7, 11) is 0. The molecule has 0 aliphatic rings. The molecule has 0 heterocycles. The number of hydrogen-bond donors (Lipinski definition) is 4.